The fraction of sp³-hybridized carbons (Fsp3) is 0.286. The minimum Gasteiger partial charge on any atom is -0.368 e. The molecule has 1 heterocycles. The summed E-state index contributed by atoms with van der Waals surface area (Å²) in [5, 5.41) is 0. The van der Waals surface area contributed by atoms with Crippen LogP contribution in [0.15, 0.2) is 36.7 Å². The van der Waals surface area contributed by atoms with Crippen molar-refractivity contribution in [1.82, 2.24) is 14.9 Å². The summed E-state index contributed by atoms with van der Waals surface area (Å²) < 4.78 is 0. The zero-order valence-electron chi connectivity index (χ0n) is 11.0. The van der Waals surface area contributed by atoms with Crippen LogP contribution >= 0.6 is 0 Å². The summed E-state index contributed by atoms with van der Waals surface area (Å²) in [5.41, 5.74) is 8.86. The molecule has 94 valence electrons. The molecule has 0 fully saturated rings. The van der Waals surface area contributed by atoms with E-state index in [9.17, 15) is 0 Å². The SMILES string of the molecule is CC(c1cccc(-c2cnc(N)nc2)c1)N(C)C. The molecule has 0 saturated heterocycles. The number of benzene rings is 1. The van der Waals surface area contributed by atoms with E-state index in [2.05, 4.69) is 60.2 Å². The molecule has 4 nitrogen and oxygen atoms in total. The summed E-state index contributed by atoms with van der Waals surface area (Å²) in [4.78, 5) is 10.2. The monoisotopic (exact) mass is 242 g/mol. The molecule has 1 aromatic carbocycles. The highest BCUT2D eigenvalue weighted by Crippen LogP contribution is 2.24. The molecule has 4 heteroatoms. The lowest BCUT2D eigenvalue weighted by Gasteiger charge is -2.20. The second-order valence-electron chi connectivity index (χ2n) is 4.59. The Bertz CT molecular complexity index is 520. The first-order chi connectivity index (χ1) is 8.58. The molecule has 18 heavy (non-hydrogen) atoms. The van der Waals surface area contributed by atoms with Crippen molar-refractivity contribution in [3.63, 3.8) is 0 Å². The van der Waals surface area contributed by atoms with E-state index in [1.165, 1.54) is 5.56 Å². The Kier molecular flexibility index (Phi) is 3.58. The first kappa shape index (κ1) is 12.5. The van der Waals surface area contributed by atoms with Crippen LogP contribution in [0.4, 0.5) is 5.95 Å². The highest BCUT2D eigenvalue weighted by Gasteiger charge is 2.08. The number of nitrogens with two attached hydrogens (primary N) is 1. The number of aromatic nitrogens is 2. The maximum atomic E-state index is 5.49. The van der Waals surface area contributed by atoms with Gasteiger partial charge < -0.3 is 10.6 Å². The van der Waals surface area contributed by atoms with E-state index in [1.807, 2.05) is 0 Å². The zero-order chi connectivity index (χ0) is 13.1. The zero-order valence-corrected chi connectivity index (χ0v) is 11.0. The maximum Gasteiger partial charge on any atom is 0.219 e. The van der Waals surface area contributed by atoms with Gasteiger partial charge in [-0.05, 0) is 38.2 Å². The number of rotatable bonds is 3. The molecule has 0 amide bonds. The van der Waals surface area contributed by atoms with Crippen molar-refractivity contribution in [1.29, 1.82) is 0 Å². The molecule has 1 unspecified atom stereocenters. The van der Waals surface area contributed by atoms with E-state index in [1.54, 1.807) is 12.4 Å². The molecule has 0 bridgehead atoms. The van der Waals surface area contributed by atoms with Crippen LogP contribution in [-0.4, -0.2) is 29.0 Å². The fourth-order valence-corrected chi connectivity index (χ4v) is 1.76. The van der Waals surface area contributed by atoms with E-state index in [-0.39, 0.29) is 0 Å². The van der Waals surface area contributed by atoms with Gasteiger partial charge in [-0.3, -0.25) is 0 Å². The molecule has 1 aromatic heterocycles. The minimum atomic E-state index is 0.302. The molecule has 2 N–H and O–H groups in total. The van der Waals surface area contributed by atoms with E-state index in [0.29, 0.717) is 12.0 Å². The van der Waals surface area contributed by atoms with E-state index >= 15 is 0 Å². The van der Waals surface area contributed by atoms with Crippen LogP contribution in [0.2, 0.25) is 0 Å². The summed E-state index contributed by atoms with van der Waals surface area (Å²) >= 11 is 0. The fourth-order valence-electron chi connectivity index (χ4n) is 1.76. The van der Waals surface area contributed by atoms with Gasteiger partial charge in [-0.25, -0.2) is 9.97 Å². The molecule has 2 rings (SSSR count). The summed E-state index contributed by atoms with van der Waals surface area (Å²) in [5.74, 6) is 0.302. The van der Waals surface area contributed by atoms with Gasteiger partial charge in [0.2, 0.25) is 5.95 Å². The molecule has 0 radical (unpaired) electrons. The third-order valence-corrected chi connectivity index (χ3v) is 3.15. The van der Waals surface area contributed by atoms with Crippen molar-refractivity contribution in [2.45, 2.75) is 13.0 Å². The van der Waals surface area contributed by atoms with Crippen LogP contribution in [-0.2, 0) is 0 Å². The van der Waals surface area contributed by atoms with Crippen LogP contribution in [0.1, 0.15) is 18.5 Å². The first-order valence-corrected chi connectivity index (χ1v) is 5.92. The molecule has 0 aliphatic heterocycles. The van der Waals surface area contributed by atoms with E-state index in [0.717, 1.165) is 11.1 Å². The Labute approximate surface area is 107 Å². The van der Waals surface area contributed by atoms with Gasteiger partial charge in [-0.1, -0.05) is 18.2 Å². The van der Waals surface area contributed by atoms with E-state index in [4.69, 9.17) is 5.73 Å². The summed E-state index contributed by atoms with van der Waals surface area (Å²) in [7, 11) is 4.15. The molecule has 0 aliphatic rings. The highest BCUT2D eigenvalue weighted by atomic mass is 15.1. The molecule has 0 saturated carbocycles. The molecule has 0 spiro atoms. The van der Waals surface area contributed by atoms with Gasteiger partial charge in [0.1, 0.15) is 0 Å². The molecular formula is C14H18N4. The Morgan fingerprint density at radius 3 is 2.39 bits per heavy atom. The largest absolute Gasteiger partial charge is 0.368 e. The van der Waals surface area contributed by atoms with Crippen LogP contribution in [0.25, 0.3) is 11.1 Å². The maximum absolute atomic E-state index is 5.49. The topological polar surface area (TPSA) is 55.0 Å². The van der Waals surface area contributed by atoms with Gasteiger partial charge in [0.05, 0.1) is 0 Å². The Hall–Kier alpha value is -1.94. The number of nitrogens with zero attached hydrogens (tertiary/aromatic N) is 3. The first-order valence-electron chi connectivity index (χ1n) is 5.92. The molecule has 2 aromatic rings. The van der Waals surface area contributed by atoms with Crippen molar-refractivity contribution in [3.05, 3.63) is 42.2 Å². The predicted octanol–water partition coefficient (Wildman–Crippen LogP) is 2.35. The third-order valence-electron chi connectivity index (χ3n) is 3.15. The molecular weight excluding hydrogens is 224 g/mol. The smallest absolute Gasteiger partial charge is 0.219 e. The summed E-state index contributed by atoms with van der Waals surface area (Å²) in [6.07, 6.45) is 3.50. The Balaban J connectivity index is 2.35. The standard InChI is InChI=1S/C14H18N4/c1-10(18(2)3)11-5-4-6-12(7-11)13-8-16-14(15)17-9-13/h4-10H,1-3H3,(H2,15,16,17). The quantitative estimate of drug-likeness (QED) is 0.897. The van der Waals surface area contributed by atoms with Crippen molar-refractivity contribution >= 4 is 5.95 Å². The lowest BCUT2D eigenvalue weighted by atomic mass is 10.0. The number of nitrogen functional groups attached to an aromatic ring is 1. The Morgan fingerprint density at radius 2 is 1.78 bits per heavy atom. The van der Waals surface area contributed by atoms with Gasteiger partial charge in [-0.15, -0.1) is 0 Å². The predicted molar refractivity (Wildman–Crippen MR) is 74.0 cm³/mol. The Morgan fingerprint density at radius 1 is 1.11 bits per heavy atom. The normalized spacial score (nSPS) is 12.7. The van der Waals surface area contributed by atoms with Crippen LogP contribution in [0.5, 0.6) is 0 Å². The summed E-state index contributed by atoms with van der Waals surface area (Å²) in [6, 6.07) is 8.79. The van der Waals surface area contributed by atoms with Crippen LogP contribution in [0, 0.1) is 0 Å². The van der Waals surface area contributed by atoms with Crippen molar-refractivity contribution < 1.29 is 0 Å². The number of anilines is 1. The lowest BCUT2D eigenvalue weighted by molar-refractivity contribution is 0.321. The van der Waals surface area contributed by atoms with Crippen molar-refractivity contribution in [2.24, 2.45) is 0 Å². The van der Waals surface area contributed by atoms with Gasteiger partial charge in [0, 0.05) is 24.0 Å². The average Bonchev–Trinajstić information content (AvgIpc) is 2.38. The number of hydrogen-bond donors (Lipinski definition) is 1. The van der Waals surface area contributed by atoms with Crippen LogP contribution < -0.4 is 5.73 Å². The third kappa shape index (κ3) is 2.65. The average molecular weight is 242 g/mol. The van der Waals surface area contributed by atoms with Crippen LogP contribution in [0.3, 0.4) is 0 Å². The number of hydrogen-bond acceptors (Lipinski definition) is 4. The van der Waals surface area contributed by atoms with E-state index < -0.39 is 0 Å². The molecule has 1 atom stereocenters. The minimum absolute atomic E-state index is 0.302. The second kappa shape index (κ2) is 5.14. The second-order valence-corrected chi connectivity index (χ2v) is 4.59. The summed E-state index contributed by atoms with van der Waals surface area (Å²) in [6.45, 7) is 2.18. The van der Waals surface area contributed by atoms with Gasteiger partial charge in [0.15, 0.2) is 0 Å². The van der Waals surface area contributed by atoms with Gasteiger partial charge in [-0.2, -0.15) is 0 Å². The lowest BCUT2D eigenvalue weighted by Crippen LogP contribution is -2.16. The highest BCUT2D eigenvalue weighted by molar-refractivity contribution is 5.62. The van der Waals surface area contributed by atoms with Crippen molar-refractivity contribution in [3.8, 4) is 11.1 Å². The van der Waals surface area contributed by atoms with Gasteiger partial charge in [0.25, 0.3) is 0 Å². The molecule has 0 aliphatic carbocycles. The van der Waals surface area contributed by atoms with Gasteiger partial charge >= 0.3 is 0 Å². The van der Waals surface area contributed by atoms with Crippen molar-refractivity contribution in [2.75, 3.05) is 19.8 Å².